The quantitative estimate of drug-likeness (QED) is 0.751. The van der Waals surface area contributed by atoms with Crippen LogP contribution in [0.4, 0.5) is 0 Å². The molecule has 1 aliphatic heterocycles. The van der Waals surface area contributed by atoms with Crippen molar-refractivity contribution in [3.8, 4) is 0 Å². The molecular formula is C11H8BrClN2. The number of hydrogen-bond acceptors (Lipinski definition) is 2. The average molecular weight is 284 g/mol. The summed E-state index contributed by atoms with van der Waals surface area (Å²) in [7, 11) is 0. The molecular weight excluding hydrogens is 275 g/mol. The maximum Gasteiger partial charge on any atom is 0.129 e. The number of nitrogens with zero attached hydrogens (tertiary/aromatic N) is 1. The highest BCUT2D eigenvalue weighted by molar-refractivity contribution is 9.10. The molecule has 3 rings (SSSR count). The van der Waals surface area contributed by atoms with Gasteiger partial charge in [0.25, 0.3) is 0 Å². The molecule has 1 aliphatic rings. The summed E-state index contributed by atoms with van der Waals surface area (Å²) in [5.74, 6) is 0. The first-order valence-electron chi connectivity index (χ1n) is 4.72. The van der Waals surface area contributed by atoms with E-state index < -0.39 is 0 Å². The van der Waals surface area contributed by atoms with Crippen LogP contribution in [0.5, 0.6) is 0 Å². The van der Waals surface area contributed by atoms with Crippen LogP contribution in [0.2, 0.25) is 5.15 Å². The lowest BCUT2D eigenvalue weighted by atomic mass is 10.0. The molecule has 0 unspecified atom stereocenters. The molecule has 2 aromatic rings. The van der Waals surface area contributed by atoms with E-state index in [2.05, 4.69) is 32.3 Å². The Morgan fingerprint density at radius 2 is 2.20 bits per heavy atom. The highest BCUT2D eigenvalue weighted by Crippen LogP contribution is 2.33. The van der Waals surface area contributed by atoms with Crippen LogP contribution in [0.1, 0.15) is 11.1 Å². The molecule has 0 aliphatic carbocycles. The van der Waals surface area contributed by atoms with Crippen molar-refractivity contribution in [3.05, 3.63) is 39.1 Å². The Morgan fingerprint density at radius 1 is 1.33 bits per heavy atom. The highest BCUT2D eigenvalue weighted by atomic mass is 79.9. The van der Waals surface area contributed by atoms with Crippen LogP contribution in [0.25, 0.3) is 10.8 Å². The third-order valence-corrected chi connectivity index (χ3v) is 3.85. The first kappa shape index (κ1) is 9.58. The summed E-state index contributed by atoms with van der Waals surface area (Å²) in [6, 6.07) is 4.08. The van der Waals surface area contributed by atoms with Crippen molar-refractivity contribution in [1.82, 2.24) is 10.3 Å². The zero-order valence-electron chi connectivity index (χ0n) is 7.85. The standard InChI is InChI=1S/C11H8BrClN2/c12-11-8-2-10(13)15-4-7(8)1-6-3-14-5-9(6)11/h1-2,4,14H,3,5H2. The Morgan fingerprint density at radius 3 is 3.07 bits per heavy atom. The van der Waals surface area contributed by atoms with Gasteiger partial charge in [0.15, 0.2) is 0 Å². The first-order chi connectivity index (χ1) is 7.25. The number of rotatable bonds is 0. The van der Waals surface area contributed by atoms with Crippen LogP contribution in [-0.4, -0.2) is 4.98 Å². The van der Waals surface area contributed by atoms with Crippen molar-refractivity contribution in [3.63, 3.8) is 0 Å². The predicted octanol–water partition coefficient (Wildman–Crippen LogP) is 3.25. The van der Waals surface area contributed by atoms with Gasteiger partial charge in [-0.25, -0.2) is 4.98 Å². The summed E-state index contributed by atoms with van der Waals surface area (Å²) in [5, 5.41) is 6.14. The van der Waals surface area contributed by atoms with Crippen LogP contribution in [0, 0.1) is 0 Å². The van der Waals surface area contributed by atoms with Gasteiger partial charge in [-0.15, -0.1) is 0 Å². The van der Waals surface area contributed by atoms with Crippen molar-refractivity contribution in [2.75, 3.05) is 0 Å². The monoisotopic (exact) mass is 282 g/mol. The fourth-order valence-corrected chi connectivity index (χ4v) is 2.89. The molecule has 0 bridgehead atoms. The van der Waals surface area contributed by atoms with E-state index in [0.717, 1.165) is 28.3 Å². The Labute approximate surface area is 101 Å². The largest absolute Gasteiger partial charge is 0.309 e. The van der Waals surface area contributed by atoms with Gasteiger partial charge in [0.05, 0.1) is 0 Å². The Bertz CT molecular complexity index is 554. The Kier molecular flexibility index (Phi) is 2.20. The van der Waals surface area contributed by atoms with Crippen molar-refractivity contribution in [1.29, 1.82) is 0 Å². The Balaban J connectivity index is 2.41. The second kappa shape index (κ2) is 3.44. The minimum atomic E-state index is 0.536. The molecule has 2 heterocycles. The van der Waals surface area contributed by atoms with Gasteiger partial charge in [-0.2, -0.15) is 0 Å². The molecule has 76 valence electrons. The van der Waals surface area contributed by atoms with Crippen LogP contribution >= 0.6 is 27.5 Å². The predicted molar refractivity (Wildman–Crippen MR) is 65.0 cm³/mol. The molecule has 4 heteroatoms. The molecule has 0 fully saturated rings. The van der Waals surface area contributed by atoms with Crippen LogP contribution in [-0.2, 0) is 13.1 Å². The molecule has 15 heavy (non-hydrogen) atoms. The molecule has 0 spiro atoms. The van der Waals surface area contributed by atoms with Gasteiger partial charge < -0.3 is 5.32 Å². The highest BCUT2D eigenvalue weighted by Gasteiger charge is 2.16. The third kappa shape index (κ3) is 1.46. The zero-order valence-corrected chi connectivity index (χ0v) is 10.2. The topological polar surface area (TPSA) is 24.9 Å². The normalized spacial score (nSPS) is 14.5. The molecule has 0 atom stereocenters. The third-order valence-electron chi connectivity index (χ3n) is 2.74. The second-order valence-electron chi connectivity index (χ2n) is 3.66. The van der Waals surface area contributed by atoms with Gasteiger partial charge in [0, 0.05) is 34.5 Å². The lowest BCUT2D eigenvalue weighted by Crippen LogP contribution is -2.00. The molecule has 1 aromatic carbocycles. The number of benzene rings is 1. The van der Waals surface area contributed by atoms with Gasteiger partial charge in [0.1, 0.15) is 5.15 Å². The number of pyridine rings is 1. The second-order valence-corrected chi connectivity index (χ2v) is 4.84. The summed E-state index contributed by atoms with van der Waals surface area (Å²) in [6.07, 6.45) is 1.82. The van der Waals surface area contributed by atoms with E-state index in [1.165, 1.54) is 11.1 Å². The van der Waals surface area contributed by atoms with Gasteiger partial charge >= 0.3 is 0 Å². The molecule has 1 N–H and O–H groups in total. The van der Waals surface area contributed by atoms with Gasteiger partial charge in [-0.05, 0) is 39.2 Å². The summed E-state index contributed by atoms with van der Waals surface area (Å²) in [5.41, 5.74) is 2.68. The van der Waals surface area contributed by atoms with Crippen molar-refractivity contribution >= 4 is 38.3 Å². The van der Waals surface area contributed by atoms with E-state index in [-0.39, 0.29) is 0 Å². The van der Waals surface area contributed by atoms with Crippen molar-refractivity contribution < 1.29 is 0 Å². The fourth-order valence-electron chi connectivity index (χ4n) is 1.99. The van der Waals surface area contributed by atoms with E-state index in [0.29, 0.717) is 5.15 Å². The van der Waals surface area contributed by atoms with E-state index >= 15 is 0 Å². The average Bonchev–Trinajstić information content (AvgIpc) is 2.68. The number of hydrogen-bond donors (Lipinski definition) is 1. The maximum absolute atomic E-state index is 5.89. The van der Waals surface area contributed by atoms with Gasteiger partial charge in [-0.1, -0.05) is 11.6 Å². The zero-order chi connectivity index (χ0) is 10.4. The lowest BCUT2D eigenvalue weighted by molar-refractivity contribution is 0.764. The van der Waals surface area contributed by atoms with Gasteiger partial charge in [0.2, 0.25) is 0 Å². The van der Waals surface area contributed by atoms with Gasteiger partial charge in [-0.3, -0.25) is 0 Å². The number of fused-ring (bicyclic) bond motifs is 2. The van der Waals surface area contributed by atoms with Crippen LogP contribution < -0.4 is 5.32 Å². The van der Waals surface area contributed by atoms with E-state index in [1.807, 2.05) is 12.3 Å². The first-order valence-corrected chi connectivity index (χ1v) is 5.89. The van der Waals surface area contributed by atoms with Crippen molar-refractivity contribution in [2.45, 2.75) is 13.1 Å². The Hall–Kier alpha value is -0.640. The molecule has 1 aromatic heterocycles. The maximum atomic E-state index is 5.89. The van der Waals surface area contributed by atoms with Crippen LogP contribution in [0.15, 0.2) is 22.8 Å². The number of nitrogens with one attached hydrogen (secondary N) is 1. The molecule has 0 saturated heterocycles. The fraction of sp³-hybridized carbons (Fsp3) is 0.182. The summed E-state index contributed by atoms with van der Waals surface area (Å²) < 4.78 is 1.14. The SMILES string of the molecule is Clc1cc2c(Br)c3c(cc2cn1)CNC3. The van der Waals surface area contributed by atoms with E-state index in [9.17, 15) is 0 Å². The summed E-state index contributed by atoms with van der Waals surface area (Å²) in [6.45, 7) is 1.86. The van der Waals surface area contributed by atoms with E-state index in [1.54, 1.807) is 0 Å². The lowest BCUT2D eigenvalue weighted by Gasteiger charge is -2.06. The summed E-state index contributed by atoms with van der Waals surface area (Å²) in [4.78, 5) is 4.10. The number of aromatic nitrogens is 1. The van der Waals surface area contributed by atoms with E-state index in [4.69, 9.17) is 11.6 Å². The van der Waals surface area contributed by atoms with Crippen molar-refractivity contribution in [2.24, 2.45) is 0 Å². The minimum Gasteiger partial charge on any atom is -0.309 e. The molecule has 0 radical (unpaired) electrons. The molecule has 2 nitrogen and oxygen atoms in total. The van der Waals surface area contributed by atoms with Crippen LogP contribution in [0.3, 0.4) is 0 Å². The smallest absolute Gasteiger partial charge is 0.129 e. The number of halogens is 2. The summed E-state index contributed by atoms with van der Waals surface area (Å²) >= 11 is 9.53. The molecule has 0 saturated carbocycles. The minimum absolute atomic E-state index is 0.536. The molecule has 0 amide bonds.